The third-order valence-electron chi connectivity index (χ3n) is 5.66. The second-order valence-corrected chi connectivity index (χ2v) is 7.43. The van der Waals surface area contributed by atoms with E-state index >= 15 is 0 Å². The lowest BCUT2D eigenvalue weighted by Gasteiger charge is -2.34. The van der Waals surface area contributed by atoms with Crippen molar-refractivity contribution >= 4 is 17.8 Å². The van der Waals surface area contributed by atoms with Crippen molar-refractivity contribution in [2.24, 2.45) is 11.8 Å². The molecule has 2 aliphatic rings. The summed E-state index contributed by atoms with van der Waals surface area (Å²) in [4.78, 5) is 37.9. The Morgan fingerprint density at radius 3 is 2.31 bits per heavy atom. The Kier molecular flexibility index (Phi) is 5.59. The summed E-state index contributed by atoms with van der Waals surface area (Å²) in [7, 11) is 0. The molecule has 0 radical (unpaired) electrons. The number of nitrogens with one attached hydrogen (secondary N) is 1. The van der Waals surface area contributed by atoms with Crippen molar-refractivity contribution in [1.29, 1.82) is 0 Å². The van der Waals surface area contributed by atoms with Gasteiger partial charge in [0.2, 0.25) is 5.91 Å². The average Bonchev–Trinajstić information content (AvgIpc) is 3.12. The SMILES string of the molecule is Cc1ccccc1C(=O)NC1CCN(C(=O)[C@@H]2CC[C@H](C(=O)O)C2)CC1. The number of carboxylic acid groups (broad SMARTS) is 1. The molecule has 6 heteroatoms. The molecule has 1 heterocycles. The Bertz CT molecular complexity index is 695. The molecule has 2 N–H and O–H groups in total. The lowest BCUT2D eigenvalue weighted by atomic mass is 9.99. The molecule has 26 heavy (non-hydrogen) atoms. The second-order valence-electron chi connectivity index (χ2n) is 7.43. The van der Waals surface area contributed by atoms with Crippen LogP contribution in [-0.2, 0) is 9.59 Å². The van der Waals surface area contributed by atoms with Gasteiger partial charge in [-0.1, -0.05) is 18.2 Å². The number of benzene rings is 1. The van der Waals surface area contributed by atoms with Crippen LogP contribution in [-0.4, -0.2) is 46.9 Å². The lowest BCUT2D eigenvalue weighted by molar-refractivity contribution is -0.141. The van der Waals surface area contributed by atoms with Gasteiger partial charge >= 0.3 is 5.97 Å². The van der Waals surface area contributed by atoms with Crippen molar-refractivity contribution < 1.29 is 19.5 Å². The van der Waals surface area contributed by atoms with Crippen LogP contribution in [0.1, 0.15) is 48.0 Å². The van der Waals surface area contributed by atoms with Crippen molar-refractivity contribution in [3.8, 4) is 0 Å². The maximum absolute atomic E-state index is 12.6. The molecule has 0 unspecified atom stereocenters. The number of hydrogen-bond donors (Lipinski definition) is 2. The normalized spacial score (nSPS) is 23.7. The van der Waals surface area contributed by atoms with Gasteiger partial charge in [-0.15, -0.1) is 0 Å². The van der Waals surface area contributed by atoms with Gasteiger partial charge in [0.25, 0.3) is 5.91 Å². The van der Waals surface area contributed by atoms with Crippen molar-refractivity contribution in [2.75, 3.05) is 13.1 Å². The van der Waals surface area contributed by atoms with Gasteiger partial charge in [0.05, 0.1) is 5.92 Å². The molecular weight excluding hydrogens is 332 g/mol. The van der Waals surface area contributed by atoms with Crippen LogP contribution in [0.2, 0.25) is 0 Å². The number of nitrogens with zero attached hydrogens (tertiary/aromatic N) is 1. The Labute approximate surface area is 153 Å². The average molecular weight is 358 g/mol. The standard InChI is InChI=1S/C20H26N2O4/c1-13-4-2-3-5-17(13)18(23)21-16-8-10-22(11-9-16)19(24)14-6-7-15(12-14)20(25)26/h2-5,14-16H,6-12H2,1H3,(H,21,23)(H,25,26)/t14-,15+/m1/s1. The number of carbonyl (C=O) groups excluding carboxylic acids is 2. The van der Waals surface area contributed by atoms with Crippen LogP contribution in [0.25, 0.3) is 0 Å². The summed E-state index contributed by atoms with van der Waals surface area (Å²) >= 11 is 0. The molecule has 0 spiro atoms. The number of aliphatic carboxylic acids is 1. The maximum Gasteiger partial charge on any atom is 0.306 e. The van der Waals surface area contributed by atoms with Crippen LogP contribution in [0.5, 0.6) is 0 Å². The van der Waals surface area contributed by atoms with Crippen molar-refractivity contribution in [3.05, 3.63) is 35.4 Å². The summed E-state index contributed by atoms with van der Waals surface area (Å²) in [5.41, 5.74) is 1.64. The first kappa shape index (κ1) is 18.4. The summed E-state index contributed by atoms with van der Waals surface area (Å²) in [5, 5.41) is 12.2. The zero-order chi connectivity index (χ0) is 18.7. The number of amides is 2. The van der Waals surface area contributed by atoms with Gasteiger partial charge in [0.15, 0.2) is 0 Å². The van der Waals surface area contributed by atoms with Crippen LogP contribution in [0.3, 0.4) is 0 Å². The second kappa shape index (κ2) is 7.89. The molecule has 2 atom stereocenters. The first-order valence-electron chi connectivity index (χ1n) is 9.33. The van der Waals surface area contributed by atoms with Gasteiger partial charge in [0, 0.05) is 30.6 Å². The molecule has 3 rings (SSSR count). The summed E-state index contributed by atoms with van der Waals surface area (Å²) in [6.07, 6.45) is 3.18. The van der Waals surface area contributed by atoms with Crippen molar-refractivity contribution in [1.82, 2.24) is 10.2 Å². The van der Waals surface area contributed by atoms with Crippen LogP contribution >= 0.6 is 0 Å². The van der Waals surface area contributed by atoms with Crippen LogP contribution in [0.4, 0.5) is 0 Å². The highest BCUT2D eigenvalue weighted by Crippen LogP contribution is 2.33. The monoisotopic (exact) mass is 358 g/mol. The molecular formula is C20H26N2O4. The third-order valence-corrected chi connectivity index (χ3v) is 5.66. The summed E-state index contributed by atoms with van der Waals surface area (Å²) in [6, 6.07) is 7.58. The van der Waals surface area contributed by atoms with Crippen LogP contribution in [0.15, 0.2) is 24.3 Å². The first-order chi connectivity index (χ1) is 12.5. The van der Waals surface area contributed by atoms with E-state index in [4.69, 9.17) is 5.11 Å². The number of carbonyl (C=O) groups is 3. The summed E-state index contributed by atoms with van der Waals surface area (Å²) < 4.78 is 0. The largest absolute Gasteiger partial charge is 0.481 e. The smallest absolute Gasteiger partial charge is 0.306 e. The van der Waals surface area contributed by atoms with Gasteiger partial charge in [0.1, 0.15) is 0 Å². The van der Waals surface area contributed by atoms with E-state index in [-0.39, 0.29) is 29.7 Å². The fourth-order valence-electron chi connectivity index (χ4n) is 4.02. The zero-order valence-electron chi connectivity index (χ0n) is 15.1. The molecule has 1 saturated heterocycles. The topological polar surface area (TPSA) is 86.7 Å². The number of likely N-dealkylation sites (tertiary alicyclic amines) is 1. The number of rotatable bonds is 4. The summed E-state index contributed by atoms with van der Waals surface area (Å²) in [6.45, 7) is 3.15. The number of carboxylic acids is 1. The zero-order valence-corrected chi connectivity index (χ0v) is 15.1. The molecule has 1 aliphatic heterocycles. The highest BCUT2D eigenvalue weighted by molar-refractivity contribution is 5.95. The molecule has 0 aromatic heterocycles. The molecule has 0 bridgehead atoms. The molecule has 140 valence electrons. The van der Waals surface area contributed by atoms with E-state index in [1.54, 1.807) is 0 Å². The quantitative estimate of drug-likeness (QED) is 0.864. The number of hydrogen-bond acceptors (Lipinski definition) is 3. The van der Waals surface area contributed by atoms with Crippen molar-refractivity contribution in [2.45, 2.75) is 45.1 Å². The lowest BCUT2D eigenvalue weighted by Crippen LogP contribution is -2.48. The Morgan fingerprint density at radius 2 is 1.69 bits per heavy atom. The molecule has 1 saturated carbocycles. The number of aryl methyl sites for hydroxylation is 1. The van der Waals surface area contributed by atoms with Crippen LogP contribution in [0, 0.1) is 18.8 Å². The number of piperidine rings is 1. The van der Waals surface area contributed by atoms with E-state index in [1.165, 1.54) is 0 Å². The highest BCUT2D eigenvalue weighted by atomic mass is 16.4. The van der Waals surface area contributed by atoms with E-state index in [2.05, 4.69) is 5.32 Å². The molecule has 2 fully saturated rings. The van der Waals surface area contributed by atoms with Crippen LogP contribution < -0.4 is 5.32 Å². The van der Waals surface area contributed by atoms with Gasteiger partial charge in [-0.05, 0) is 50.7 Å². The molecule has 1 aromatic carbocycles. The molecule has 2 amide bonds. The molecule has 1 aliphatic carbocycles. The molecule has 6 nitrogen and oxygen atoms in total. The van der Waals surface area contributed by atoms with Gasteiger partial charge < -0.3 is 15.3 Å². The first-order valence-corrected chi connectivity index (χ1v) is 9.33. The Morgan fingerprint density at radius 1 is 1.04 bits per heavy atom. The molecule has 1 aromatic rings. The predicted octanol–water partition coefficient (Wildman–Crippen LogP) is 2.22. The van der Waals surface area contributed by atoms with E-state index in [9.17, 15) is 14.4 Å². The van der Waals surface area contributed by atoms with E-state index in [0.717, 1.165) is 18.4 Å². The van der Waals surface area contributed by atoms with E-state index in [0.29, 0.717) is 37.9 Å². The van der Waals surface area contributed by atoms with Crippen molar-refractivity contribution in [3.63, 3.8) is 0 Å². The van der Waals surface area contributed by atoms with Gasteiger partial charge in [-0.2, -0.15) is 0 Å². The minimum Gasteiger partial charge on any atom is -0.481 e. The summed E-state index contributed by atoms with van der Waals surface area (Å²) in [5.74, 6) is -1.31. The Hall–Kier alpha value is -2.37. The fourth-order valence-corrected chi connectivity index (χ4v) is 4.02. The van der Waals surface area contributed by atoms with Gasteiger partial charge in [-0.25, -0.2) is 0 Å². The van der Waals surface area contributed by atoms with E-state index in [1.807, 2.05) is 36.1 Å². The van der Waals surface area contributed by atoms with E-state index < -0.39 is 5.97 Å². The van der Waals surface area contributed by atoms with Gasteiger partial charge in [-0.3, -0.25) is 14.4 Å². The third kappa shape index (κ3) is 4.06. The predicted molar refractivity (Wildman–Crippen MR) is 96.7 cm³/mol. The minimum atomic E-state index is -0.794. The minimum absolute atomic E-state index is 0.0621. The fraction of sp³-hybridized carbons (Fsp3) is 0.550. The maximum atomic E-state index is 12.6. The Balaban J connectivity index is 1.48. The highest BCUT2D eigenvalue weighted by Gasteiger charge is 2.36.